The van der Waals surface area contributed by atoms with Crippen LogP contribution in [0.15, 0.2) is 18.2 Å². The quantitative estimate of drug-likeness (QED) is 0.833. The second kappa shape index (κ2) is 4.92. The number of hydrogen-bond acceptors (Lipinski definition) is 3. The standard InChI is InChI=1S/C12H12FN3O2/c13-11-8(6-14)2-1-3-10(11)16-5-4-9(7-16)15-12(17)18/h1-3,9,15H,4-5,7H2,(H,17,18). The van der Waals surface area contributed by atoms with E-state index in [-0.39, 0.29) is 11.6 Å². The number of carboxylic acid groups (broad SMARTS) is 1. The first-order chi connectivity index (χ1) is 8.61. The van der Waals surface area contributed by atoms with Crippen molar-refractivity contribution in [2.75, 3.05) is 18.0 Å². The van der Waals surface area contributed by atoms with Crippen LogP contribution in [0.4, 0.5) is 14.9 Å². The molecule has 0 aromatic heterocycles. The molecule has 1 aromatic carbocycles. The van der Waals surface area contributed by atoms with Gasteiger partial charge in [0, 0.05) is 13.1 Å². The molecule has 0 radical (unpaired) electrons. The summed E-state index contributed by atoms with van der Waals surface area (Å²) in [4.78, 5) is 12.3. The minimum Gasteiger partial charge on any atom is -0.465 e. The summed E-state index contributed by atoms with van der Waals surface area (Å²) >= 11 is 0. The van der Waals surface area contributed by atoms with Crippen LogP contribution in [0.1, 0.15) is 12.0 Å². The van der Waals surface area contributed by atoms with E-state index in [4.69, 9.17) is 10.4 Å². The van der Waals surface area contributed by atoms with E-state index < -0.39 is 11.9 Å². The molecule has 1 saturated heterocycles. The van der Waals surface area contributed by atoms with E-state index in [0.717, 1.165) is 0 Å². The highest BCUT2D eigenvalue weighted by molar-refractivity contribution is 5.65. The fourth-order valence-electron chi connectivity index (χ4n) is 2.12. The molecule has 1 amide bonds. The molecule has 1 atom stereocenters. The molecule has 2 rings (SSSR count). The third kappa shape index (κ3) is 2.35. The maximum absolute atomic E-state index is 13.9. The fraction of sp³-hybridized carbons (Fsp3) is 0.333. The smallest absolute Gasteiger partial charge is 0.404 e. The lowest BCUT2D eigenvalue weighted by Gasteiger charge is -2.19. The molecule has 1 unspecified atom stereocenters. The predicted molar refractivity (Wildman–Crippen MR) is 62.9 cm³/mol. The van der Waals surface area contributed by atoms with E-state index in [1.807, 2.05) is 0 Å². The molecule has 1 heterocycles. The van der Waals surface area contributed by atoms with Crippen LogP contribution in [0.2, 0.25) is 0 Å². The Hall–Kier alpha value is -2.29. The topological polar surface area (TPSA) is 76.4 Å². The number of anilines is 1. The molecule has 18 heavy (non-hydrogen) atoms. The van der Waals surface area contributed by atoms with Gasteiger partial charge in [0.2, 0.25) is 0 Å². The van der Waals surface area contributed by atoms with Crippen LogP contribution in [0.3, 0.4) is 0 Å². The van der Waals surface area contributed by atoms with Gasteiger partial charge in [0.1, 0.15) is 6.07 Å². The summed E-state index contributed by atoms with van der Waals surface area (Å²) in [5.74, 6) is -0.545. The first-order valence-electron chi connectivity index (χ1n) is 5.55. The minimum atomic E-state index is -1.08. The van der Waals surface area contributed by atoms with Crippen molar-refractivity contribution in [2.24, 2.45) is 0 Å². The van der Waals surface area contributed by atoms with Crippen molar-refractivity contribution < 1.29 is 14.3 Å². The molecule has 1 aliphatic rings. The minimum absolute atomic E-state index is 0.00198. The van der Waals surface area contributed by atoms with Crippen LogP contribution in [0.5, 0.6) is 0 Å². The van der Waals surface area contributed by atoms with Crippen LogP contribution >= 0.6 is 0 Å². The Morgan fingerprint density at radius 2 is 2.39 bits per heavy atom. The number of amides is 1. The Labute approximate surface area is 103 Å². The van der Waals surface area contributed by atoms with E-state index >= 15 is 0 Å². The number of benzene rings is 1. The lowest BCUT2D eigenvalue weighted by atomic mass is 10.2. The van der Waals surface area contributed by atoms with E-state index in [1.165, 1.54) is 6.07 Å². The molecule has 6 heteroatoms. The maximum atomic E-state index is 13.9. The van der Waals surface area contributed by atoms with Crippen molar-refractivity contribution in [1.82, 2.24) is 5.32 Å². The third-order valence-corrected chi connectivity index (χ3v) is 2.96. The monoisotopic (exact) mass is 249 g/mol. The molecular formula is C12H12FN3O2. The first-order valence-corrected chi connectivity index (χ1v) is 5.55. The molecule has 94 valence electrons. The van der Waals surface area contributed by atoms with E-state index in [0.29, 0.717) is 25.2 Å². The number of carbonyl (C=O) groups is 1. The Balaban J connectivity index is 2.15. The van der Waals surface area contributed by atoms with E-state index in [9.17, 15) is 9.18 Å². The first kappa shape index (κ1) is 12.2. The second-order valence-electron chi connectivity index (χ2n) is 4.13. The van der Waals surface area contributed by atoms with Gasteiger partial charge in [-0.1, -0.05) is 6.07 Å². The highest BCUT2D eigenvalue weighted by Crippen LogP contribution is 2.25. The van der Waals surface area contributed by atoms with Gasteiger partial charge in [-0.3, -0.25) is 0 Å². The fourth-order valence-corrected chi connectivity index (χ4v) is 2.12. The molecule has 0 aliphatic carbocycles. The summed E-state index contributed by atoms with van der Waals surface area (Å²) in [5.41, 5.74) is 0.353. The lowest BCUT2D eigenvalue weighted by molar-refractivity contribution is 0.191. The molecule has 2 N–H and O–H groups in total. The molecular weight excluding hydrogens is 237 g/mol. The molecule has 0 bridgehead atoms. The summed E-state index contributed by atoms with van der Waals surface area (Å²) in [6.45, 7) is 0.981. The van der Waals surface area contributed by atoms with Gasteiger partial charge in [-0.15, -0.1) is 0 Å². The van der Waals surface area contributed by atoms with Crippen molar-refractivity contribution in [2.45, 2.75) is 12.5 Å². The average Bonchev–Trinajstić information content (AvgIpc) is 2.76. The highest BCUT2D eigenvalue weighted by atomic mass is 19.1. The zero-order chi connectivity index (χ0) is 13.1. The maximum Gasteiger partial charge on any atom is 0.404 e. The number of nitrogens with zero attached hydrogens (tertiary/aromatic N) is 2. The van der Waals surface area contributed by atoms with Crippen LogP contribution < -0.4 is 10.2 Å². The van der Waals surface area contributed by atoms with Crippen molar-refractivity contribution in [1.29, 1.82) is 5.26 Å². The van der Waals surface area contributed by atoms with Crippen LogP contribution in [-0.2, 0) is 0 Å². The normalized spacial score (nSPS) is 18.4. The Kier molecular flexibility index (Phi) is 3.33. The van der Waals surface area contributed by atoms with Gasteiger partial charge < -0.3 is 15.3 Å². The Morgan fingerprint density at radius 3 is 3.06 bits per heavy atom. The molecule has 0 spiro atoms. The van der Waals surface area contributed by atoms with Crippen molar-refractivity contribution in [3.05, 3.63) is 29.6 Å². The van der Waals surface area contributed by atoms with Crippen LogP contribution in [0, 0.1) is 17.1 Å². The highest BCUT2D eigenvalue weighted by Gasteiger charge is 2.26. The van der Waals surface area contributed by atoms with Crippen LogP contribution in [-0.4, -0.2) is 30.3 Å². The van der Waals surface area contributed by atoms with Gasteiger partial charge in [-0.2, -0.15) is 5.26 Å². The zero-order valence-corrected chi connectivity index (χ0v) is 9.56. The van der Waals surface area contributed by atoms with E-state index in [2.05, 4.69) is 5.32 Å². The SMILES string of the molecule is N#Cc1cccc(N2CCC(NC(=O)O)C2)c1F. The van der Waals surface area contributed by atoms with E-state index in [1.54, 1.807) is 23.1 Å². The van der Waals surface area contributed by atoms with Gasteiger partial charge in [-0.25, -0.2) is 9.18 Å². The number of hydrogen-bond donors (Lipinski definition) is 2. The largest absolute Gasteiger partial charge is 0.465 e. The summed E-state index contributed by atoms with van der Waals surface area (Å²) in [6, 6.07) is 6.22. The molecule has 0 saturated carbocycles. The van der Waals surface area contributed by atoms with Gasteiger partial charge in [0.25, 0.3) is 0 Å². The number of nitriles is 1. The molecule has 1 aromatic rings. The van der Waals surface area contributed by atoms with Crippen LogP contribution in [0.25, 0.3) is 0 Å². The van der Waals surface area contributed by atoms with Crippen molar-refractivity contribution >= 4 is 11.8 Å². The average molecular weight is 249 g/mol. The number of nitrogens with one attached hydrogen (secondary N) is 1. The zero-order valence-electron chi connectivity index (χ0n) is 9.56. The summed E-state index contributed by atoms with van der Waals surface area (Å²) in [6.07, 6.45) is -0.448. The number of halogens is 1. The Bertz CT molecular complexity index is 513. The lowest BCUT2D eigenvalue weighted by Crippen LogP contribution is -2.36. The summed E-state index contributed by atoms with van der Waals surface area (Å²) < 4.78 is 13.9. The third-order valence-electron chi connectivity index (χ3n) is 2.96. The van der Waals surface area contributed by atoms with Gasteiger partial charge >= 0.3 is 6.09 Å². The number of rotatable bonds is 2. The van der Waals surface area contributed by atoms with Gasteiger partial charge in [0.15, 0.2) is 5.82 Å². The van der Waals surface area contributed by atoms with Gasteiger partial charge in [-0.05, 0) is 18.6 Å². The summed E-state index contributed by atoms with van der Waals surface area (Å²) in [7, 11) is 0. The molecule has 1 fully saturated rings. The molecule has 1 aliphatic heterocycles. The molecule has 5 nitrogen and oxygen atoms in total. The Morgan fingerprint density at radius 1 is 1.61 bits per heavy atom. The van der Waals surface area contributed by atoms with Gasteiger partial charge in [0.05, 0.1) is 17.3 Å². The van der Waals surface area contributed by atoms with Crippen molar-refractivity contribution in [3.63, 3.8) is 0 Å². The second-order valence-corrected chi connectivity index (χ2v) is 4.13. The summed E-state index contributed by atoms with van der Waals surface area (Å²) in [5, 5.41) is 19.8. The van der Waals surface area contributed by atoms with Crippen molar-refractivity contribution in [3.8, 4) is 6.07 Å². The predicted octanol–water partition coefficient (Wildman–Crippen LogP) is 1.54.